The summed E-state index contributed by atoms with van der Waals surface area (Å²) in [4.78, 5) is 17.1. The molecule has 0 N–H and O–H groups in total. The Balaban J connectivity index is 2.34. The minimum atomic E-state index is -3.79. The van der Waals surface area contributed by atoms with Gasteiger partial charge in [-0.2, -0.15) is 5.26 Å². The van der Waals surface area contributed by atoms with E-state index in [2.05, 4.69) is 20.9 Å². The first-order valence-corrected chi connectivity index (χ1v) is 8.29. The fraction of sp³-hybridized carbons (Fsp3) is 0.300. The second-order valence-corrected chi connectivity index (χ2v) is 7.71. The summed E-state index contributed by atoms with van der Waals surface area (Å²) in [6.07, 6.45) is 1.15. The molecule has 2 heterocycles. The van der Waals surface area contributed by atoms with Crippen molar-refractivity contribution in [2.24, 2.45) is 0 Å². The molecule has 19 heavy (non-hydrogen) atoms. The van der Waals surface area contributed by atoms with E-state index in [4.69, 9.17) is 15.9 Å². The lowest BCUT2D eigenvalue weighted by Gasteiger charge is -2.16. The molecule has 1 aromatic rings. The van der Waals surface area contributed by atoms with E-state index in [-0.39, 0.29) is 24.7 Å². The van der Waals surface area contributed by atoms with E-state index in [1.54, 1.807) is 0 Å². The third-order valence-corrected chi connectivity index (χ3v) is 5.15. The molecular weight excluding hydrogens is 358 g/mol. The van der Waals surface area contributed by atoms with Gasteiger partial charge in [0.2, 0.25) is 15.0 Å². The maximum atomic E-state index is 11.8. The van der Waals surface area contributed by atoms with Gasteiger partial charge in [0.25, 0.3) is 0 Å². The Labute approximate surface area is 122 Å². The highest BCUT2D eigenvalue weighted by molar-refractivity contribution is 9.10. The molecule has 0 saturated carbocycles. The van der Waals surface area contributed by atoms with Crippen molar-refractivity contribution in [1.82, 2.24) is 4.98 Å². The lowest BCUT2D eigenvalue weighted by atomic mass is 10.3. The van der Waals surface area contributed by atoms with Crippen molar-refractivity contribution in [3.63, 3.8) is 0 Å². The summed E-state index contributed by atoms with van der Waals surface area (Å²) in [5, 5.41) is 7.79. The van der Waals surface area contributed by atoms with Crippen LogP contribution in [0.4, 0.5) is 5.82 Å². The van der Waals surface area contributed by atoms with Crippen molar-refractivity contribution in [3.8, 4) is 6.07 Å². The van der Waals surface area contributed by atoms with Crippen LogP contribution in [-0.4, -0.2) is 31.1 Å². The minimum Gasteiger partial charge on any atom is -0.294 e. The van der Waals surface area contributed by atoms with Crippen LogP contribution in [-0.2, 0) is 13.8 Å². The van der Waals surface area contributed by atoms with Gasteiger partial charge < -0.3 is 0 Å². The second kappa shape index (κ2) is 5.07. The molecule has 0 aromatic carbocycles. The van der Waals surface area contributed by atoms with Crippen molar-refractivity contribution in [3.05, 3.63) is 22.3 Å². The molecule has 2 rings (SSSR count). The van der Waals surface area contributed by atoms with Crippen molar-refractivity contribution < 1.29 is 13.2 Å². The summed E-state index contributed by atoms with van der Waals surface area (Å²) < 4.78 is 23.0. The van der Waals surface area contributed by atoms with Gasteiger partial charge in [-0.1, -0.05) is 0 Å². The third-order valence-electron chi connectivity index (χ3n) is 2.69. The van der Waals surface area contributed by atoms with Gasteiger partial charge in [-0.25, -0.2) is 13.4 Å². The molecule has 6 nitrogen and oxygen atoms in total. The summed E-state index contributed by atoms with van der Waals surface area (Å²) in [5.41, 5.74) is 0.337. The van der Waals surface area contributed by atoms with Gasteiger partial charge in [-0.05, 0) is 22.0 Å². The van der Waals surface area contributed by atoms with Crippen molar-refractivity contribution in [1.29, 1.82) is 5.26 Å². The number of hydrogen-bond donors (Lipinski definition) is 0. The highest BCUT2D eigenvalue weighted by atomic mass is 79.9. The number of anilines is 1. The zero-order valence-corrected chi connectivity index (χ0v) is 12.5. The van der Waals surface area contributed by atoms with Crippen LogP contribution in [0.3, 0.4) is 0 Å². The maximum Gasteiger partial charge on any atom is 0.237 e. The predicted octanol–water partition coefficient (Wildman–Crippen LogP) is 1.39. The fourth-order valence-corrected chi connectivity index (χ4v) is 3.35. The molecule has 100 valence electrons. The Hall–Kier alpha value is -1.17. The van der Waals surface area contributed by atoms with E-state index in [0.717, 1.165) is 0 Å². The number of rotatable bonds is 2. The van der Waals surface area contributed by atoms with Crippen LogP contribution in [0.5, 0.6) is 0 Å². The molecular formula is C10H7BrClN3O3S. The topological polar surface area (TPSA) is 91.1 Å². The quantitative estimate of drug-likeness (QED) is 0.740. The van der Waals surface area contributed by atoms with E-state index < -0.39 is 14.3 Å². The molecule has 1 unspecified atom stereocenters. The number of carbonyl (C=O) groups excluding carboxylic acids is 1. The number of nitrogens with zero attached hydrogens (tertiary/aromatic N) is 3. The van der Waals surface area contributed by atoms with Crippen LogP contribution >= 0.6 is 26.6 Å². The van der Waals surface area contributed by atoms with E-state index in [9.17, 15) is 13.2 Å². The lowest BCUT2D eigenvalue weighted by molar-refractivity contribution is -0.117. The van der Waals surface area contributed by atoms with E-state index in [1.807, 2.05) is 6.07 Å². The number of aromatic nitrogens is 1. The van der Waals surface area contributed by atoms with Crippen LogP contribution in [0.1, 0.15) is 12.0 Å². The van der Waals surface area contributed by atoms with Crippen LogP contribution in [0.25, 0.3) is 0 Å². The van der Waals surface area contributed by atoms with E-state index in [1.165, 1.54) is 17.2 Å². The van der Waals surface area contributed by atoms with Gasteiger partial charge in [0.15, 0.2) is 0 Å². The van der Waals surface area contributed by atoms with Gasteiger partial charge in [0, 0.05) is 29.8 Å². The smallest absolute Gasteiger partial charge is 0.237 e. The van der Waals surface area contributed by atoms with Gasteiger partial charge in [0.05, 0.1) is 10.0 Å². The summed E-state index contributed by atoms with van der Waals surface area (Å²) in [6, 6.07) is 3.43. The van der Waals surface area contributed by atoms with Crippen LogP contribution < -0.4 is 4.90 Å². The number of amides is 1. The lowest BCUT2D eigenvalue weighted by Crippen LogP contribution is -2.27. The molecule has 1 fully saturated rings. The molecule has 0 radical (unpaired) electrons. The molecule has 1 aliphatic rings. The first kappa shape index (κ1) is 14.2. The van der Waals surface area contributed by atoms with Crippen molar-refractivity contribution in [2.45, 2.75) is 11.7 Å². The average Bonchev–Trinajstić information content (AvgIpc) is 2.71. The van der Waals surface area contributed by atoms with E-state index in [0.29, 0.717) is 10.0 Å². The highest BCUT2D eigenvalue weighted by Gasteiger charge is 2.39. The SMILES string of the molecule is N#Cc1cnc(N2CC(S(=O)(=O)Cl)CC2=O)c(Br)c1. The van der Waals surface area contributed by atoms with Crippen molar-refractivity contribution in [2.75, 3.05) is 11.4 Å². The first-order valence-electron chi connectivity index (χ1n) is 5.12. The molecule has 0 spiro atoms. The summed E-state index contributed by atoms with van der Waals surface area (Å²) in [7, 11) is 1.48. The number of hydrogen-bond acceptors (Lipinski definition) is 5. The monoisotopic (exact) mass is 363 g/mol. The Morgan fingerprint density at radius 3 is 2.74 bits per heavy atom. The number of carbonyl (C=O) groups is 1. The number of pyridine rings is 1. The Morgan fingerprint density at radius 1 is 1.58 bits per heavy atom. The van der Waals surface area contributed by atoms with E-state index >= 15 is 0 Å². The normalized spacial score (nSPS) is 19.5. The predicted molar refractivity (Wildman–Crippen MR) is 72.2 cm³/mol. The largest absolute Gasteiger partial charge is 0.294 e. The standard InChI is InChI=1S/C10H7BrClN3O3S/c11-8-1-6(3-13)4-14-10(8)15-5-7(2-9(15)16)19(12,17)18/h1,4,7H,2,5H2. The molecule has 1 saturated heterocycles. The third kappa shape index (κ3) is 2.88. The van der Waals surface area contributed by atoms with Gasteiger partial charge in [0.1, 0.15) is 17.1 Å². The first-order chi connectivity index (χ1) is 8.82. The average molecular weight is 365 g/mol. The Bertz CT molecular complexity index is 686. The Morgan fingerprint density at radius 2 is 2.26 bits per heavy atom. The fourth-order valence-electron chi connectivity index (χ4n) is 1.76. The Kier molecular flexibility index (Phi) is 3.80. The molecule has 0 bridgehead atoms. The number of nitriles is 1. The minimum absolute atomic E-state index is 0.0395. The second-order valence-electron chi connectivity index (χ2n) is 3.95. The van der Waals surface area contributed by atoms with Gasteiger partial charge >= 0.3 is 0 Å². The molecule has 1 atom stereocenters. The summed E-state index contributed by atoms with van der Waals surface area (Å²) in [6.45, 7) is -0.0395. The van der Waals surface area contributed by atoms with Crippen LogP contribution in [0, 0.1) is 11.3 Å². The molecule has 9 heteroatoms. The van der Waals surface area contributed by atoms with Crippen LogP contribution in [0.15, 0.2) is 16.7 Å². The van der Waals surface area contributed by atoms with Gasteiger partial charge in [-0.3, -0.25) is 9.69 Å². The molecule has 1 amide bonds. The molecule has 0 aliphatic carbocycles. The van der Waals surface area contributed by atoms with Gasteiger partial charge in [-0.15, -0.1) is 0 Å². The number of halogens is 2. The van der Waals surface area contributed by atoms with Crippen LogP contribution in [0.2, 0.25) is 0 Å². The summed E-state index contributed by atoms with van der Waals surface area (Å²) >= 11 is 3.21. The zero-order chi connectivity index (χ0) is 14.2. The molecule has 1 aliphatic heterocycles. The molecule has 1 aromatic heterocycles. The summed E-state index contributed by atoms with van der Waals surface area (Å²) in [5.74, 6) is -0.0843. The van der Waals surface area contributed by atoms with Crippen molar-refractivity contribution >= 4 is 47.4 Å². The maximum absolute atomic E-state index is 11.8. The zero-order valence-electron chi connectivity index (χ0n) is 9.38. The highest BCUT2D eigenvalue weighted by Crippen LogP contribution is 2.30.